The highest BCUT2D eigenvalue weighted by Gasteiger charge is 2.16. The van der Waals surface area contributed by atoms with Crippen LogP contribution in [-0.4, -0.2) is 22.9 Å². The summed E-state index contributed by atoms with van der Waals surface area (Å²) >= 11 is 3.67. The van der Waals surface area contributed by atoms with Gasteiger partial charge in [-0.1, -0.05) is 20.8 Å². The van der Waals surface area contributed by atoms with Crippen molar-refractivity contribution in [3.05, 3.63) is 15.9 Å². The third kappa shape index (κ3) is 3.55. The maximum atomic E-state index is 4.53. The maximum absolute atomic E-state index is 4.53. The number of rotatable bonds is 6. The van der Waals surface area contributed by atoms with E-state index in [1.54, 1.807) is 0 Å². The molecule has 0 spiro atoms. The van der Waals surface area contributed by atoms with Crippen LogP contribution < -0.4 is 5.32 Å². The van der Waals surface area contributed by atoms with Gasteiger partial charge >= 0.3 is 0 Å². The Morgan fingerprint density at radius 1 is 1.41 bits per heavy atom. The SMILES string of the molecule is CCc1nn(C)c(CCC(NC)C(C)C)c1Br. The quantitative estimate of drug-likeness (QED) is 0.875. The molecular weight excluding hydrogens is 278 g/mol. The van der Waals surface area contributed by atoms with Gasteiger partial charge in [0.2, 0.25) is 0 Å². The number of nitrogens with one attached hydrogen (secondary N) is 1. The van der Waals surface area contributed by atoms with E-state index in [0.717, 1.165) is 25.0 Å². The first-order valence-electron chi connectivity index (χ1n) is 6.38. The van der Waals surface area contributed by atoms with E-state index in [0.29, 0.717) is 12.0 Å². The number of hydrogen-bond acceptors (Lipinski definition) is 2. The smallest absolute Gasteiger partial charge is 0.0766 e. The number of hydrogen-bond donors (Lipinski definition) is 1. The Labute approximate surface area is 113 Å². The summed E-state index contributed by atoms with van der Waals surface area (Å²) in [6.07, 6.45) is 3.19. The lowest BCUT2D eigenvalue weighted by Gasteiger charge is -2.20. The molecule has 0 bridgehead atoms. The van der Waals surface area contributed by atoms with Crippen LogP contribution in [0.25, 0.3) is 0 Å². The predicted octanol–water partition coefficient (Wildman–Crippen LogP) is 2.92. The highest BCUT2D eigenvalue weighted by molar-refractivity contribution is 9.10. The molecule has 0 aliphatic heterocycles. The summed E-state index contributed by atoms with van der Waals surface area (Å²) in [4.78, 5) is 0. The minimum atomic E-state index is 0.571. The third-order valence-corrected chi connectivity index (χ3v) is 4.29. The van der Waals surface area contributed by atoms with Crippen molar-refractivity contribution in [2.45, 2.75) is 46.1 Å². The van der Waals surface area contributed by atoms with E-state index >= 15 is 0 Å². The molecule has 1 aromatic rings. The molecule has 1 N–H and O–H groups in total. The van der Waals surface area contributed by atoms with Gasteiger partial charge in [-0.25, -0.2) is 0 Å². The van der Waals surface area contributed by atoms with Crippen LogP contribution in [0.2, 0.25) is 0 Å². The molecule has 17 heavy (non-hydrogen) atoms. The second kappa shape index (κ2) is 6.55. The summed E-state index contributed by atoms with van der Waals surface area (Å²) in [6.45, 7) is 6.66. The highest BCUT2D eigenvalue weighted by atomic mass is 79.9. The molecule has 1 atom stereocenters. The van der Waals surface area contributed by atoms with Crippen LogP contribution in [0.5, 0.6) is 0 Å². The zero-order chi connectivity index (χ0) is 13.0. The van der Waals surface area contributed by atoms with Crippen molar-refractivity contribution in [2.24, 2.45) is 13.0 Å². The summed E-state index contributed by atoms with van der Waals surface area (Å²) in [7, 11) is 4.07. The van der Waals surface area contributed by atoms with Gasteiger partial charge in [-0.2, -0.15) is 5.10 Å². The first kappa shape index (κ1) is 14.7. The lowest BCUT2D eigenvalue weighted by Crippen LogP contribution is -2.31. The molecule has 0 amide bonds. The molecule has 1 aromatic heterocycles. The monoisotopic (exact) mass is 301 g/mol. The fourth-order valence-corrected chi connectivity index (χ4v) is 3.01. The Hall–Kier alpha value is -0.350. The maximum Gasteiger partial charge on any atom is 0.0766 e. The first-order valence-corrected chi connectivity index (χ1v) is 7.18. The zero-order valence-electron chi connectivity index (χ0n) is 11.5. The first-order chi connectivity index (χ1) is 8.01. The number of nitrogens with zero attached hydrogens (tertiary/aromatic N) is 2. The second-order valence-electron chi connectivity index (χ2n) is 4.86. The predicted molar refractivity (Wildman–Crippen MR) is 76.3 cm³/mol. The molecule has 98 valence electrons. The van der Waals surface area contributed by atoms with Gasteiger partial charge < -0.3 is 5.32 Å². The van der Waals surface area contributed by atoms with Crippen LogP contribution in [0, 0.1) is 5.92 Å². The van der Waals surface area contributed by atoms with Crippen molar-refractivity contribution in [2.75, 3.05) is 7.05 Å². The third-order valence-electron chi connectivity index (χ3n) is 3.37. The fraction of sp³-hybridized carbons (Fsp3) is 0.769. The average Bonchev–Trinajstić information content (AvgIpc) is 2.56. The van der Waals surface area contributed by atoms with Gasteiger partial charge in [-0.3, -0.25) is 4.68 Å². The summed E-state index contributed by atoms with van der Waals surface area (Å²) in [6, 6.07) is 0.571. The number of halogens is 1. The minimum absolute atomic E-state index is 0.571. The van der Waals surface area contributed by atoms with Crippen LogP contribution >= 0.6 is 15.9 Å². The minimum Gasteiger partial charge on any atom is -0.317 e. The Morgan fingerprint density at radius 3 is 2.47 bits per heavy atom. The highest BCUT2D eigenvalue weighted by Crippen LogP contribution is 2.23. The molecule has 1 rings (SSSR count). The fourth-order valence-electron chi connectivity index (χ4n) is 2.19. The topological polar surface area (TPSA) is 29.9 Å². The van der Waals surface area contributed by atoms with Crippen LogP contribution in [0.1, 0.15) is 38.6 Å². The summed E-state index contributed by atoms with van der Waals surface area (Å²) in [5, 5.41) is 7.91. The van der Waals surface area contributed by atoms with Gasteiger partial charge in [0.25, 0.3) is 0 Å². The van der Waals surface area contributed by atoms with E-state index in [4.69, 9.17) is 0 Å². The van der Waals surface area contributed by atoms with Crippen molar-refractivity contribution in [1.82, 2.24) is 15.1 Å². The largest absolute Gasteiger partial charge is 0.317 e. The van der Waals surface area contributed by atoms with Crippen molar-refractivity contribution in [3.8, 4) is 0 Å². The average molecular weight is 302 g/mol. The molecule has 0 radical (unpaired) electrons. The molecule has 0 saturated heterocycles. The Kier molecular flexibility index (Phi) is 5.67. The van der Waals surface area contributed by atoms with Gasteiger partial charge in [0.1, 0.15) is 0 Å². The van der Waals surface area contributed by atoms with Gasteiger partial charge in [0.15, 0.2) is 0 Å². The summed E-state index contributed by atoms with van der Waals surface area (Å²) in [5.41, 5.74) is 2.47. The zero-order valence-corrected chi connectivity index (χ0v) is 13.1. The molecule has 0 saturated carbocycles. The standard InChI is InChI=1S/C13H24BrN3/c1-6-10-13(14)12(17(5)16-10)8-7-11(15-4)9(2)3/h9,11,15H,6-8H2,1-5H3. The normalized spacial score (nSPS) is 13.4. The van der Waals surface area contributed by atoms with Gasteiger partial charge in [-0.15, -0.1) is 0 Å². The second-order valence-corrected chi connectivity index (χ2v) is 5.66. The van der Waals surface area contributed by atoms with Crippen LogP contribution in [-0.2, 0) is 19.9 Å². The number of aryl methyl sites for hydroxylation is 2. The van der Waals surface area contributed by atoms with Crippen molar-refractivity contribution >= 4 is 15.9 Å². The Morgan fingerprint density at radius 2 is 2.06 bits per heavy atom. The molecule has 0 fully saturated rings. The van der Waals surface area contributed by atoms with E-state index in [2.05, 4.69) is 47.1 Å². The molecule has 1 heterocycles. The van der Waals surface area contributed by atoms with Crippen molar-refractivity contribution in [3.63, 3.8) is 0 Å². The molecule has 4 heteroatoms. The Bertz CT molecular complexity index is 358. The van der Waals surface area contributed by atoms with E-state index < -0.39 is 0 Å². The lowest BCUT2D eigenvalue weighted by molar-refractivity contribution is 0.399. The van der Waals surface area contributed by atoms with E-state index in [1.807, 2.05) is 18.8 Å². The van der Waals surface area contributed by atoms with Gasteiger partial charge in [-0.05, 0) is 48.2 Å². The molecule has 1 unspecified atom stereocenters. The lowest BCUT2D eigenvalue weighted by atomic mass is 9.98. The van der Waals surface area contributed by atoms with Gasteiger partial charge in [0.05, 0.1) is 15.9 Å². The molecular formula is C13H24BrN3. The molecule has 0 aliphatic carbocycles. The summed E-state index contributed by atoms with van der Waals surface area (Å²) < 4.78 is 3.21. The number of aromatic nitrogens is 2. The van der Waals surface area contributed by atoms with E-state index in [9.17, 15) is 0 Å². The van der Waals surface area contributed by atoms with Crippen LogP contribution in [0.3, 0.4) is 0 Å². The molecule has 0 aliphatic rings. The van der Waals surface area contributed by atoms with Crippen molar-refractivity contribution < 1.29 is 0 Å². The molecule has 3 nitrogen and oxygen atoms in total. The van der Waals surface area contributed by atoms with E-state index in [1.165, 1.54) is 10.2 Å². The van der Waals surface area contributed by atoms with Gasteiger partial charge in [0, 0.05) is 13.1 Å². The van der Waals surface area contributed by atoms with Crippen LogP contribution in [0.15, 0.2) is 4.47 Å². The summed E-state index contributed by atoms with van der Waals surface area (Å²) in [5.74, 6) is 0.664. The Balaban J connectivity index is 2.72. The van der Waals surface area contributed by atoms with Crippen LogP contribution in [0.4, 0.5) is 0 Å². The molecule has 0 aromatic carbocycles. The van der Waals surface area contributed by atoms with E-state index in [-0.39, 0.29) is 0 Å². The van der Waals surface area contributed by atoms with Crippen molar-refractivity contribution in [1.29, 1.82) is 0 Å².